The van der Waals surface area contributed by atoms with Crippen LogP contribution in [-0.2, 0) is 16.1 Å². The monoisotopic (exact) mass is 425 g/mol. The van der Waals surface area contributed by atoms with Gasteiger partial charge in [-0.05, 0) is 30.4 Å². The van der Waals surface area contributed by atoms with Gasteiger partial charge in [0.05, 0.1) is 18.3 Å². The predicted octanol–water partition coefficient (Wildman–Crippen LogP) is 1.05. The molecule has 2 atom stereocenters. The molecule has 2 aliphatic rings. The third-order valence-corrected chi connectivity index (χ3v) is 6.35. The van der Waals surface area contributed by atoms with Crippen molar-refractivity contribution in [1.82, 2.24) is 24.5 Å². The van der Waals surface area contributed by atoms with Gasteiger partial charge in [-0.15, -0.1) is 0 Å². The summed E-state index contributed by atoms with van der Waals surface area (Å²) in [6.07, 6.45) is 2.45. The minimum absolute atomic E-state index is 0.0223. The second kappa shape index (κ2) is 9.18. The summed E-state index contributed by atoms with van der Waals surface area (Å²) in [6.45, 7) is 9.21. The molecule has 0 saturated carbocycles. The molecule has 0 spiro atoms. The van der Waals surface area contributed by atoms with Crippen molar-refractivity contribution in [2.45, 2.75) is 26.8 Å². The van der Waals surface area contributed by atoms with Crippen LogP contribution in [0.2, 0.25) is 0 Å². The van der Waals surface area contributed by atoms with Gasteiger partial charge in [0.2, 0.25) is 17.2 Å². The zero-order valence-electron chi connectivity index (χ0n) is 18.4. The number of piperidine rings is 1. The fourth-order valence-corrected chi connectivity index (χ4v) is 4.83. The maximum Gasteiger partial charge on any atom is 0.244 e. The summed E-state index contributed by atoms with van der Waals surface area (Å²) < 4.78 is 1.59. The van der Waals surface area contributed by atoms with Gasteiger partial charge in [-0.25, -0.2) is 0 Å². The number of hydrogen-bond acceptors (Lipinski definition) is 5. The van der Waals surface area contributed by atoms with E-state index in [-0.39, 0.29) is 23.8 Å². The molecule has 1 aromatic carbocycles. The summed E-state index contributed by atoms with van der Waals surface area (Å²) >= 11 is 0. The van der Waals surface area contributed by atoms with Crippen molar-refractivity contribution in [2.24, 2.45) is 11.8 Å². The number of hydrogen-bond donors (Lipinski definition) is 0. The van der Waals surface area contributed by atoms with Gasteiger partial charge in [0.15, 0.2) is 0 Å². The zero-order chi connectivity index (χ0) is 22.0. The number of amides is 2. The Bertz CT molecular complexity index is 1000. The van der Waals surface area contributed by atoms with Crippen LogP contribution in [0.5, 0.6) is 0 Å². The molecule has 8 nitrogen and oxygen atoms in total. The standard InChI is InChI=1S/C23H31N5O3/c1-17-11-18(2)14-27(13-17)22(30)15-25-7-9-26(10-8-25)23(31)16-28-20-6-4-3-5-19(20)21(29)12-24-28/h3-6,12,17-18H,7-11,13-16H2,1-2H3. The molecule has 2 saturated heterocycles. The molecule has 2 aromatic rings. The summed E-state index contributed by atoms with van der Waals surface area (Å²) in [5.74, 6) is 1.29. The number of carbonyl (C=O) groups excluding carboxylic acids is 2. The lowest BCUT2D eigenvalue weighted by Crippen LogP contribution is -2.53. The first-order valence-electron chi connectivity index (χ1n) is 11.1. The molecule has 2 unspecified atom stereocenters. The van der Waals surface area contributed by atoms with Gasteiger partial charge < -0.3 is 9.80 Å². The van der Waals surface area contributed by atoms with Crippen molar-refractivity contribution in [2.75, 3.05) is 45.8 Å². The third-order valence-electron chi connectivity index (χ3n) is 6.35. The second-order valence-electron chi connectivity index (χ2n) is 9.09. The van der Waals surface area contributed by atoms with Crippen LogP contribution in [0.3, 0.4) is 0 Å². The Morgan fingerprint density at radius 1 is 0.935 bits per heavy atom. The maximum absolute atomic E-state index is 12.8. The van der Waals surface area contributed by atoms with E-state index in [0.29, 0.717) is 55.5 Å². The minimum Gasteiger partial charge on any atom is -0.341 e. The summed E-state index contributed by atoms with van der Waals surface area (Å²) in [4.78, 5) is 43.5. The van der Waals surface area contributed by atoms with E-state index in [4.69, 9.17) is 0 Å². The van der Waals surface area contributed by atoms with Gasteiger partial charge in [0, 0.05) is 44.7 Å². The summed E-state index contributed by atoms with van der Waals surface area (Å²) in [5, 5.41) is 4.72. The SMILES string of the molecule is CC1CC(C)CN(C(=O)CN2CCN(C(=O)Cn3ncc(=O)c4ccccc43)CC2)C1. The molecule has 31 heavy (non-hydrogen) atoms. The lowest BCUT2D eigenvalue weighted by atomic mass is 9.92. The van der Waals surface area contributed by atoms with Crippen LogP contribution in [0, 0.1) is 11.8 Å². The van der Waals surface area contributed by atoms with Crippen molar-refractivity contribution in [3.63, 3.8) is 0 Å². The highest BCUT2D eigenvalue weighted by atomic mass is 16.2. The van der Waals surface area contributed by atoms with Crippen LogP contribution in [0.15, 0.2) is 35.3 Å². The van der Waals surface area contributed by atoms with Crippen molar-refractivity contribution in [1.29, 1.82) is 0 Å². The number of rotatable bonds is 4. The number of aromatic nitrogens is 2. The van der Waals surface area contributed by atoms with Gasteiger partial charge >= 0.3 is 0 Å². The van der Waals surface area contributed by atoms with Crippen molar-refractivity contribution in [3.8, 4) is 0 Å². The minimum atomic E-state index is -0.143. The highest BCUT2D eigenvalue weighted by Crippen LogP contribution is 2.21. The Labute approximate surface area is 182 Å². The van der Waals surface area contributed by atoms with E-state index in [0.717, 1.165) is 13.1 Å². The van der Waals surface area contributed by atoms with Crippen LogP contribution < -0.4 is 5.43 Å². The first kappa shape index (κ1) is 21.5. The molecule has 2 amide bonds. The summed E-state index contributed by atoms with van der Waals surface area (Å²) in [5.41, 5.74) is 0.521. The number of piperazine rings is 1. The predicted molar refractivity (Wildman–Crippen MR) is 119 cm³/mol. The zero-order valence-corrected chi connectivity index (χ0v) is 18.4. The first-order chi connectivity index (χ1) is 14.9. The fourth-order valence-electron chi connectivity index (χ4n) is 4.83. The number of para-hydroxylation sites is 1. The average Bonchev–Trinajstić information content (AvgIpc) is 2.75. The normalized spacial score (nSPS) is 22.6. The lowest BCUT2D eigenvalue weighted by molar-refractivity contribution is -0.137. The molecule has 166 valence electrons. The average molecular weight is 426 g/mol. The van der Waals surface area contributed by atoms with Crippen LogP contribution in [0.25, 0.3) is 10.9 Å². The Morgan fingerprint density at radius 3 is 2.29 bits per heavy atom. The molecule has 4 rings (SSSR count). The molecular formula is C23H31N5O3. The number of likely N-dealkylation sites (tertiary alicyclic amines) is 1. The van der Waals surface area contributed by atoms with Gasteiger partial charge in [0.1, 0.15) is 6.54 Å². The molecule has 3 heterocycles. The molecule has 2 aliphatic heterocycles. The largest absolute Gasteiger partial charge is 0.341 e. The van der Waals surface area contributed by atoms with Crippen molar-refractivity contribution in [3.05, 3.63) is 40.7 Å². The Morgan fingerprint density at radius 2 is 1.58 bits per heavy atom. The van der Waals surface area contributed by atoms with Gasteiger partial charge in [-0.1, -0.05) is 26.0 Å². The molecule has 0 aliphatic carbocycles. The van der Waals surface area contributed by atoms with E-state index >= 15 is 0 Å². The van der Waals surface area contributed by atoms with E-state index in [1.165, 1.54) is 12.6 Å². The molecule has 2 fully saturated rings. The van der Waals surface area contributed by atoms with E-state index < -0.39 is 0 Å². The number of fused-ring (bicyclic) bond motifs is 1. The van der Waals surface area contributed by atoms with Crippen molar-refractivity contribution < 1.29 is 9.59 Å². The second-order valence-corrected chi connectivity index (χ2v) is 9.09. The highest BCUT2D eigenvalue weighted by Gasteiger charge is 2.28. The van der Waals surface area contributed by atoms with Crippen LogP contribution in [0.1, 0.15) is 20.3 Å². The van der Waals surface area contributed by atoms with E-state index in [2.05, 4.69) is 23.8 Å². The molecule has 0 N–H and O–H groups in total. The van der Waals surface area contributed by atoms with Gasteiger partial charge in [-0.3, -0.25) is 24.0 Å². The summed E-state index contributed by atoms with van der Waals surface area (Å²) in [7, 11) is 0. The molecular weight excluding hydrogens is 394 g/mol. The Balaban J connectivity index is 1.31. The van der Waals surface area contributed by atoms with E-state index in [1.54, 1.807) is 10.7 Å². The number of nitrogens with zero attached hydrogens (tertiary/aromatic N) is 5. The highest BCUT2D eigenvalue weighted by molar-refractivity contribution is 5.82. The first-order valence-corrected chi connectivity index (χ1v) is 11.1. The Kier molecular flexibility index (Phi) is 6.36. The molecule has 8 heteroatoms. The van der Waals surface area contributed by atoms with E-state index in [9.17, 15) is 14.4 Å². The van der Waals surface area contributed by atoms with Crippen LogP contribution in [-0.4, -0.2) is 82.1 Å². The molecule has 1 aromatic heterocycles. The van der Waals surface area contributed by atoms with Gasteiger partial charge in [0.25, 0.3) is 0 Å². The number of carbonyl (C=O) groups is 2. The molecule has 0 radical (unpaired) electrons. The quantitative estimate of drug-likeness (QED) is 0.732. The van der Waals surface area contributed by atoms with Gasteiger partial charge in [-0.2, -0.15) is 5.10 Å². The summed E-state index contributed by atoms with van der Waals surface area (Å²) in [6, 6.07) is 7.20. The van der Waals surface area contributed by atoms with Crippen LogP contribution in [0.4, 0.5) is 0 Å². The number of benzene rings is 1. The van der Waals surface area contributed by atoms with Crippen LogP contribution >= 0.6 is 0 Å². The lowest BCUT2D eigenvalue weighted by Gasteiger charge is -2.38. The Hall–Kier alpha value is -2.74. The smallest absolute Gasteiger partial charge is 0.244 e. The fraction of sp³-hybridized carbons (Fsp3) is 0.565. The maximum atomic E-state index is 12.8. The van der Waals surface area contributed by atoms with Crippen molar-refractivity contribution >= 4 is 22.7 Å². The topological polar surface area (TPSA) is 78.8 Å². The third kappa shape index (κ3) is 4.95. The van der Waals surface area contributed by atoms with E-state index in [1.807, 2.05) is 28.0 Å². The molecule has 0 bridgehead atoms.